The molecule has 2 N–H and O–H groups in total. The first-order valence-electron chi connectivity index (χ1n) is 3.56. The van der Waals surface area contributed by atoms with Crippen molar-refractivity contribution >= 4 is 38.2 Å². The second kappa shape index (κ2) is 2.94. The molecule has 0 radical (unpaired) electrons. The lowest BCUT2D eigenvalue weighted by Gasteiger charge is -2.01. The minimum Gasteiger partial charge on any atom is -0.256 e. The number of nitrogens with zero attached hydrogens (tertiary/aromatic N) is 2. The molecular formula is C7H6ClN3O2S. The number of halogens is 1. The Morgan fingerprint density at radius 2 is 2.07 bits per heavy atom. The maximum atomic E-state index is 11.5. The molecule has 1 atom stereocenters. The Balaban J connectivity index is 2.93. The van der Waals surface area contributed by atoms with Crippen LogP contribution in [0, 0.1) is 0 Å². The van der Waals surface area contributed by atoms with E-state index in [9.17, 15) is 4.21 Å². The van der Waals surface area contributed by atoms with Gasteiger partial charge in [0.1, 0.15) is 0 Å². The van der Waals surface area contributed by atoms with Gasteiger partial charge in [0.2, 0.25) is 0 Å². The van der Waals surface area contributed by atoms with E-state index in [2.05, 4.69) is 20.8 Å². The molecule has 0 aliphatic carbocycles. The monoisotopic (exact) mass is 231 g/mol. The molecule has 1 heterocycles. The average molecular weight is 232 g/mol. The van der Waals surface area contributed by atoms with Gasteiger partial charge in [-0.15, -0.1) is 0 Å². The van der Waals surface area contributed by atoms with Crippen molar-refractivity contribution in [3.63, 3.8) is 0 Å². The van der Waals surface area contributed by atoms with Gasteiger partial charge in [0.15, 0.2) is 11.0 Å². The van der Waals surface area contributed by atoms with Crippen LogP contribution < -0.4 is 5.14 Å². The van der Waals surface area contributed by atoms with Crippen molar-refractivity contribution in [1.29, 1.82) is 0 Å². The summed E-state index contributed by atoms with van der Waals surface area (Å²) in [6.07, 6.45) is 0. The van der Waals surface area contributed by atoms with E-state index in [0.717, 1.165) is 0 Å². The second-order valence-corrected chi connectivity index (χ2v) is 5.03. The summed E-state index contributed by atoms with van der Waals surface area (Å²) >= 11 is 5.80. The van der Waals surface area contributed by atoms with E-state index >= 15 is 0 Å². The Morgan fingerprint density at radius 1 is 1.43 bits per heavy atom. The highest BCUT2D eigenvalue weighted by atomic mass is 35.5. The van der Waals surface area contributed by atoms with Crippen LogP contribution in [0.1, 0.15) is 0 Å². The standard InChI is InChI=1S/C7H6ClN3O2S/c1-14(9,12)5-3-2-4(8)6-7(5)11-13-10-6/h2-3H,1H2,(H2,9,12). The van der Waals surface area contributed by atoms with Crippen molar-refractivity contribution in [2.45, 2.75) is 4.90 Å². The fourth-order valence-corrected chi connectivity index (χ4v) is 2.04. The Labute approximate surface area is 84.9 Å². The van der Waals surface area contributed by atoms with Crippen molar-refractivity contribution in [2.75, 3.05) is 0 Å². The Morgan fingerprint density at radius 3 is 2.71 bits per heavy atom. The Bertz CT molecular complexity index is 590. The van der Waals surface area contributed by atoms with E-state index in [1.165, 1.54) is 12.1 Å². The fraction of sp³-hybridized carbons (Fsp3) is 0. The van der Waals surface area contributed by atoms with Gasteiger partial charge in [-0.25, -0.2) is 8.84 Å². The predicted molar refractivity (Wildman–Crippen MR) is 54.5 cm³/mol. The molecule has 0 bridgehead atoms. The highest BCUT2D eigenvalue weighted by molar-refractivity contribution is 7.98. The molecule has 1 aromatic carbocycles. The highest BCUT2D eigenvalue weighted by Gasteiger charge is 2.14. The summed E-state index contributed by atoms with van der Waals surface area (Å²) in [4.78, 5) is 0.290. The maximum absolute atomic E-state index is 11.5. The number of rotatable bonds is 1. The van der Waals surface area contributed by atoms with Gasteiger partial charge in [-0.2, -0.15) is 0 Å². The summed E-state index contributed by atoms with van der Waals surface area (Å²) in [5, 5.41) is 12.9. The number of aromatic nitrogens is 2. The summed E-state index contributed by atoms with van der Waals surface area (Å²) in [7, 11) is -2.84. The zero-order valence-electron chi connectivity index (χ0n) is 6.94. The van der Waals surface area contributed by atoms with Gasteiger partial charge in [-0.1, -0.05) is 11.6 Å². The minimum atomic E-state index is -2.84. The van der Waals surface area contributed by atoms with Crippen molar-refractivity contribution < 1.29 is 8.84 Å². The van der Waals surface area contributed by atoms with Crippen LogP contribution in [0.2, 0.25) is 5.02 Å². The number of hydrogen-bond donors (Lipinski definition) is 1. The SMILES string of the molecule is C=S(N)(=O)c1ccc(Cl)c2nonc12. The van der Waals surface area contributed by atoms with Crippen LogP contribution in [-0.2, 0) is 9.71 Å². The molecule has 7 heteroatoms. The van der Waals surface area contributed by atoms with Gasteiger partial charge in [0.25, 0.3) is 0 Å². The molecule has 0 aliphatic rings. The molecule has 0 saturated carbocycles. The van der Waals surface area contributed by atoms with Crippen LogP contribution in [0.5, 0.6) is 0 Å². The van der Waals surface area contributed by atoms with E-state index in [1.54, 1.807) is 0 Å². The topological polar surface area (TPSA) is 82.0 Å². The van der Waals surface area contributed by atoms with Gasteiger partial charge in [-0.3, -0.25) is 5.14 Å². The lowest BCUT2D eigenvalue weighted by atomic mass is 10.3. The van der Waals surface area contributed by atoms with E-state index in [4.69, 9.17) is 16.7 Å². The summed E-state index contributed by atoms with van der Waals surface area (Å²) in [6.45, 7) is 0. The van der Waals surface area contributed by atoms with Crippen LogP contribution in [-0.4, -0.2) is 20.4 Å². The third kappa shape index (κ3) is 1.37. The molecule has 0 amide bonds. The Kier molecular flexibility index (Phi) is 1.99. The third-order valence-corrected chi connectivity index (χ3v) is 3.08. The molecule has 1 unspecified atom stereocenters. The highest BCUT2D eigenvalue weighted by Crippen LogP contribution is 2.25. The zero-order valence-corrected chi connectivity index (χ0v) is 8.51. The van der Waals surface area contributed by atoms with E-state index in [1.807, 2.05) is 0 Å². The van der Waals surface area contributed by atoms with Crippen molar-refractivity contribution in [2.24, 2.45) is 5.14 Å². The van der Waals surface area contributed by atoms with Gasteiger partial charge >= 0.3 is 0 Å². The van der Waals surface area contributed by atoms with Gasteiger partial charge in [0, 0.05) is 0 Å². The van der Waals surface area contributed by atoms with Gasteiger partial charge < -0.3 is 0 Å². The predicted octanol–water partition coefficient (Wildman–Crippen LogP) is 0.825. The lowest BCUT2D eigenvalue weighted by Crippen LogP contribution is -2.12. The molecule has 2 rings (SSSR count). The number of fused-ring (bicyclic) bond motifs is 1. The molecule has 0 fully saturated rings. The first kappa shape index (κ1) is 9.45. The Hall–Kier alpha value is -1.11. The normalized spacial score (nSPS) is 15.6. The molecule has 0 saturated heterocycles. The second-order valence-electron chi connectivity index (χ2n) is 2.73. The van der Waals surface area contributed by atoms with E-state index in [0.29, 0.717) is 16.1 Å². The summed E-state index contributed by atoms with van der Waals surface area (Å²) in [5.74, 6) is 3.35. The quantitative estimate of drug-likeness (QED) is 0.737. The van der Waals surface area contributed by atoms with Crippen LogP contribution in [0.15, 0.2) is 21.7 Å². The number of nitrogens with two attached hydrogens (primary N) is 1. The molecule has 1 aromatic heterocycles. The van der Waals surface area contributed by atoms with Crippen LogP contribution >= 0.6 is 11.6 Å². The lowest BCUT2D eigenvalue weighted by molar-refractivity contribution is 0.315. The van der Waals surface area contributed by atoms with Gasteiger partial charge in [-0.05, 0) is 28.3 Å². The maximum Gasteiger partial charge on any atom is 0.155 e. The molecule has 2 aromatic rings. The number of benzene rings is 1. The van der Waals surface area contributed by atoms with E-state index in [-0.39, 0.29) is 4.90 Å². The fourth-order valence-electron chi connectivity index (χ4n) is 1.09. The molecule has 0 aliphatic heterocycles. The van der Waals surface area contributed by atoms with Crippen molar-refractivity contribution in [1.82, 2.24) is 10.3 Å². The molecular weight excluding hydrogens is 226 g/mol. The largest absolute Gasteiger partial charge is 0.256 e. The molecule has 74 valence electrons. The van der Waals surface area contributed by atoms with Gasteiger partial charge in [0.05, 0.1) is 19.6 Å². The first-order chi connectivity index (χ1) is 6.50. The molecule has 0 spiro atoms. The van der Waals surface area contributed by atoms with E-state index < -0.39 is 9.71 Å². The summed E-state index contributed by atoms with van der Waals surface area (Å²) in [5.41, 5.74) is 0.631. The number of hydrogen-bond acceptors (Lipinski definition) is 4. The zero-order chi connectivity index (χ0) is 10.3. The van der Waals surface area contributed by atoms with Crippen LogP contribution in [0.4, 0.5) is 0 Å². The molecule has 14 heavy (non-hydrogen) atoms. The van der Waals surface area contributed by atoms with Crippen LogP contribution in [0.25, 0.3) is 11.0 Å². The third-order valence-electron chi connectivity index (χ3n) is 1.70. The smallest absolute Gasteiger partial charge is 0.155 e. The first-order valence-corrected chi connectivity index (χ1v) is 5.73. The summed E-state index contributed by atoms with van der Waals surface area (Å²) in [6, 6.07) is 3.03. The van der Waals surface area contributed by atoms with Crippen LogP contribution in [0.3, 0.4) is 0 Å². The average Bonchev–Trinajstić information content (AvgIpc) is 2.50. The summed E-state index contributed by atoms with van der Waals surface area (Å²) < 4.78 is 16.0. The van der Waals surface area contributed by atoms with Crippen molar-refractivity contribution in [3.05, 3.63) is 17.2 Å². The minimum absolute atomic E-state index is 0.290. The molecule has 5 nitrogen and oxygen atoms in total. The van der Waals surface area contributed by atoms with Crippen molar-refractivity contribution in [3.8, 4) is 0 Å².